The van der Waals surface area contributed by atoms with Crippen LogP contribution in [0.25, 0.3) is 11.3 Å². The number of aromatic nitrogens is 4. The van der Waals surface area contributed by atoms with Crippen LogP contribution in [0, 0.1) is 6.92 Å². The maximum atomic E-state index is 4.16. The summed E-state index contributed by atoms with van der Waals surface area (Å²) in [6, 6.07) is 0. The Morgan fingerprint density at radius 1 is 1.08 bits per heavy atom. The van der Waals surface area contributed by atoms with Crippen molar-refractivity contribution in [2.24, 2.45) is 0 Å². The summed E-state index contributed by atoms with van der Waals surface area (Å²) in [5, 5.41) is 0. The molecule has 0 amide bonds. The second-order valence-corrected chi connectivity index (χ2v) is 3.16. The first-order valence-corrected chi connectivity index (χ1v) is 4.17. The molecule has 4 nitrogen and oxygen atoms in total. The Labute approximate surface area is 77.2 Å². The van der Waals surface area contributed by atoms with E-state index in [4.69, 9.17) is 0 Å². The predicted octanol–water partition coefficient (Wildman–Crippen LogP) is 1.49. The summed E-state index contributed by atoms with van der Waals surface area (Å²) in [5.74, 6) is 0. The van der Waals surface area contributed by atoms with Crippen LogP contribution in [0.15, 0.2) is 17.0 Å². The van der Waals surface area contributed by atoms with Crippen molar-refractivity contribution in [2.45, 2.75) is 6.92 Å². The molecule has 0 spiro atoms. The van der Waals surface area contributed by atoms with Crippen LogP contribution >= 0.6 is 15.9 Å². The molecule has 0 aromatic carbocycles. The van der Waals surface area contributed by atoms with Crippen LogP contribution in [0.2, 0.25) is 0 Å². The van der Waals surface area contributed by atoms with E-state index < -0.39 is 0 Å². The van der Waals surface area contributed by atoms with E-state index in [0.717, 1.165) is 5.69 Å². The Hall–Kier alpha value is -1.10. The van der Waals surface area contributed by atoms with Crippen molar-refractivity contribution in [3.63, 3.8) is 0 Å². The number of rotatable bonds is 0. The molecule has 0 atom stereocenters. The van der Waals surface area contributed by atoms with Gasteiger partial charge in [0.1, 0.15) is 4.60 Å². The number of halogens is 1. The fourth-order valence-corrected chi connectivity index (χ4v) is 1.14. The van der Waals surface area contributed by atoms with Crippen molar-refractivity contribution in [2.75, 3.05) is 0 Å². The third kappa shape index (κ3) is 1.27. The van der Waals surface area contributed by atoms with E-state index in [-0.39, 0.29) is 0 Å². The van der Waals surface area contributed by atoms with Crippen LogP contribution in [-0.4, -0.2) is 19.9 Å². The largest absolute Gasteiger partial charge is 0.232 e. The van der Waals surface area contributed by atoms with Gasteiger partial charge >= 0.3 is 0 Å². The number of nitrogens with zero attached hydrogens (tertiary/aromatic N) is 4. The van der Waals surface area contributed by atoms with E-state index in [1.807, 2.05) is 6.92 Å². The van der Waals surface area contributed by atoms with Gasteiger partial charge in [0.15, 0.2) is 11.3 Å². The summed E-state index contributed by atoms with van der Waals surface area (Å²) < 4.78 is 0.674. The lowest BCUT2D eigenvalue weighted by atomic mass is 10.5. The number of fused-ring (bicyclic) bond motifs is 1. The Kier molecular flexibility index (Phi) is 1.73. The maximum absolute atomic E-state index is 4.16. The zero-order valence-electron chi connectivity index (χ0n) is 6.32. The first kappa shape index (κ1) is 7.54. The monoisotopic (exact) mass is 224 g/mol. The smallest absolute Gasteiger partial charge is 0.198 e. The fraction of sp³-hybridized carbons (Fsp3) is 0.143. The summed E-state index contributed by atoms with van der Waals surface area (Å²) in [5.41, 5.74) is 1.99. The SMILES string of the molecule is Cc1cnc2nc(Br)cnc2n1. The summed E-state index contributed by atoms with van der Waals surface area (Å²) in [7, 11) is 0. The topological polar surface area (TPSA) is 51.6 Å². The van der Waals surface area contributed by atoms with Gasteiger partial charge in [-0.2, -0.15) is 0 Å². The summed E-state index contributed by atoms with van der Waals surface area (Å²) in [6.45, 7) is 1.87. The maximum Gasteiger partial charge on any atom is 0.198 e. The van der Waals surface area contributed by atoms with Gasteiger partial charge in [-0.1, -0.05) is 0 Å². The zero-order chi connectivity index (χ0) is 8.55. The molecule has 0 fully saturated rings. The molecule has 60 valence electrons. The Balaban J connectivity index is 2.79. The van der Waals surface area contributed by atoms with E-state index in [2.05, 4.69) is 35.9 Å². The molecule has 2 rings (SSSR count). The van der Waals surface area contributed by atoms with Gasteiger partial charge in [0, 0.05) is 0 Å². The van der Waals surface area contributed by atoms with Gasteiger partial charge < -0.3 is 0 Å². The van der Waals surface area contributed by atoms with Gasteiger partial charge in [-0.15, -0.1) is 0 Å². The van der Waals surface area contributed by atoms with Crippen molar-refractivity contribution in [3.8, 4) is 0 Å². The molecular weight excluding hydrogens is 220 g/mol. The fourth-order valence-electron chi connectivity index (χ4n) is 0.868. The summed E-state index contributed by atoms with van der Waals surface area (Å²) >= 11 is 3.21. The number of aryl methyl sites for hydroxylation is 1. The normalized spacial score (nSPS) is 10.5. The van der Waals surface area contributed by atoms with E-state index in [0.29, 0.717) is 15.9 Å². The van der Waals surface area contributed by atoms with Crippen LogP contribution in [0.3, 0.4) is 0 Å². The molecule has 12 heavy (non-hydrogen) atoms. The minimum absolute atomic E-state index is 0.565. The molecule has 2 aromatic heterocycles. The molecule has 0 aliphatic heterocycles. The van der Waals surface area contributed by atoms with Crippen molar-refractivity contribution in [3.05, 3.63) is 22.7 Å². The van der Waals surface area contributed by atoms with E-state index >= 15 is 0 Å². The molecule has 0 saturated heterocycles. The van der Waals surface area contributed by atoms with Crippen LogP contribution < -0.4 is 0 Å². The number of hydrogen-bond acceptors (Lipinski definition) is 4. The van der Waals surface area contributed by atoms with Crippen molar-refractivity contribution >= 4 is 27.2 Å². The van der Waals surface area contributed by atoms with Gasteiger partial charge in [0.2, 0.25) is 0 Å². The first-order chi connectivity index (χ1) is 5.75. The minimum atomic E-state index is 0.565. The molecule has 0 aliphatic carbocycles. The number of hydrogen-bond donors (Lipinski definition) is 0. The van der Waals surface area contributed by atoms with E-state index in [9.17, 15) is 0 Å². The van der Waals surface area contributed by atoms with Crippen molar-refractivity contribution in [1.29, 1.82) is 0 Å². The van der Waals surface area contributed by atoms with Crippen LogP contribution in [0.5, 0.6) is 0 Å². The van der Waals surface area contributed by atoms with Crippen LogP contribution in [0.1, 0.15) is 5.69 Å². The van der Waals surface area contributed by atoms with Gasteiger partial charge in [-0.3, -0.25) is 0 Å². The second kappa shape index (κ2) is 2.75. The summed E-state index contributed by atoms with van der Waals surface area (Å²) in [6.07, 6.45) is 3.28. The standard InChI is InChI=1S/C7H5BrN4/c1-4-2-9-7-6(11-4)10-3-5(8)12-7/h2-3H,1H3. The zero-order valence-corrected chi connectivity index (χ0v) is 7.91. The Bertz CT molecular complexity index is 387. The lowest BCUT2D eigenvalue weighted by molar-refractivity contribution is 1.09. The second-order valence-electron chi connectivity index (χ2n) is 2.35. The third-order valence-electron chi connectivity index (χ3n) is 1.36. The Morgan fingerprint density at radius 3 is 2.58 bits per heavy atom. The molecule has 5 heteroatoms. The highest BCUT2D eigenvalue weighted by Gasteiger charge is 1.99. The molecule has 2 heterocycles. The molecule has 0 N–H and O–H groups in total. The average molecular weight is 225 g/mol. The lowest BCUT2D eigenvalue weighted by Crippen LogP contribution is -1.92. The molecule has 0 saturated carbocycles. The molecule has 0 aliphatic rings. The van der Waals surface area contributed by atoms with Gasteiger partial charge in [0.05, 0.1) is 18.1 Å². The van der Waals surface area contributed by atoms with Crippen LogP contribution in [-0.2, 0) is 0 Å². The van der Waals surface area contributed by atoms with Gasteiger partial charge in [0.25, 0.3) is 0 Å². The molecular formula is C7H5BrN4. The quantitative estimate of drug-likeness (QED) is 0.681. The Morgan fingerprint density at radius 2 is 1.75 bits per heavy atom. The highest BCUT2D eigenvalue weighted by molar-refractivity contribution is 9.10. The summed E-state index contributed by atoms with van der Waals surface area (Å²) in [4.78, 5) is 16.4. The first-order valence-electron chi connectivity index (χ1n) is 3.37. The molecule has 0 radical (unpaired) electrons. The van der Waals surface area contributed by atoms with Gasteiger partial charge in [-0.25, -0.2) is 19.9 Å². The minimum Gasteiger partial charge on any atom is -0.232 e. The van der Waals surface area contributed by atoms with Crippen LogP contribution in [0.4, 0.5) is 0 Å². The highest BCUT2D eigenvalue weighted by Crippen LogP contribution is 2.08. The van der Waals surface area contributed by atoms with E-state index in [1.165, 1.54) is 0 Å². The predicted molar refractivity (Wildman–Crippen MR) is 47.6 cm³/mol. The van der Waals surface area contributed by atoms with Crippen molar-refractivity contribution in [1.82, 2.24) is 19.9 Å². The average Bonchev–Trinajstić information content (AvgIpc) is 2.05. The van der Waals surface area contributed by atoms with Gasteiger partial charge in [-0.05, 0) is 22.9 Å². The van der Waals surface area contributed by atoms with E-state index in [1.54, 1.807) is 12.4 Å². The molecule has 2 aromatic rings. The molecule has 0 bridgehead atoms. The lowest BCUT2D eigenvalue weighted by Gasteiger charge is -1.95. The highest BCUT2D eigenvalue weighted by atomic mass is 79.9. The van der Waals surface area contributed by atoms with Crippen molar-refractivity contribution < 1.29 is 0 Å². The molecule has 0 unspecified atom stereocenters. The third-order valence-corrected chi connectivity index (χ3v) is 1.74.